The summed E-state index contributed by atoms with van der Waals surface area (Å²) in [4.78, 5) is 17.0. The molecule has 4 spiro atoms. The Balaban J connectivity index is 1.21. The van der Waals surface area contributed by atoms with E-state index >= 15 is 0 Å². The number of ether oxygens (including phenoxy) is 5. The van der Waals surface area contributed by atoms with E-state index < -0.39 is 47.2 Å². The fourth-order valence-corrected chi connectivity index (χ4v) is 12.4. The summed E-state index contributed by atoms with van der Waals surface area (Å²) in [6.07, 6.45) is 9.69. The van der Waals surface area contributed by atoms with Crippen molar-refractivity contribution in [1.29, 1.82) is 0 Å². The molecule has 7 aliphatic heterocycles. The van der Waals surface area contributed by atoms with E-state index in [9.17, 15) is 25.2 Å². The fourth-order valence-electron chi connectivity index (χ4n) is 12.4. The minimum Gasteiger partial charge on any atom is -0.481 e. The summed E-state index contributed by atoms with van der Waals surface area (Å²) >= 11 is 0. The zero-order valence-corrected chi connectivity index (χ0v) is 34.5. The maximum Gasteiger partial charge on any atom is 0.303 e. The topological polar surface area (TPSA) is 156 Å². The third kappa shape index (κ3) is 7.41. The number of carboxylic acids is 1. The lowest BCUT2D eigenvalue weighted by molar-refractivity contribution is -0.411. The van der Waals surface area contributed by atoms with Gasteiger partial charge in [0.25, 0.3) is 0 Å². The van der Waals surface area contributed by atoms with Crippen LogP contribution in [0.1, 0.15) is 144 Å². The number of carboxylic acid groups (broad SMARTS) is 1. The number of carbonyl (C=O) groups is 1. The van der Waals surface area contributed by atoms with Crippen LogP contribution in [0.4, 0.5) is 0 Å². The molecule has 1 aliphatic carbocycles. The molecule has 7 bridgehead atoms. The summed E-state index contributed by atoms with van der Waals surface area (Å²) in [5, 5.41) is 44.6. The number of aliphatic imine (C=N–C) groups is 1. The van der Waals surface area contributed by atoms with Crippen molar-refractivity contribution in [1.82, 2.24) is 0 Å². The van der Waals surface area contributed by atoms with Crippen molar-refractivity contribution in [2.24, 2.45) is 40.0 Å². The third-order valence-corrected chi connectivity index (χ3v) is 15.7. The summed E-state index contributed by atoms with van der Waals surface area (Å²) in [7, 11) is 0. The summed E-state index contributed by atoms with van der Waals surface area (Å²) in [6, 6.07) is 0. The minimum atomic E-state index is -1.22. The number of hydrogen-bond donors (Lipinski definition) is 4. The molecule has 0 saturated carbocycles. The van der Waals surface area contributed by atoms with Gasteiger partial charge in [0.15, 0.2) is 11.6 Å². The van der Waals surface area contributed by atoms with Crippen molar-refractivity contribution >= 4 is 11.7 Å². The van der Waals surface area contributed by atoms with E-state index in [0.717, 1.165) is 56.2 Å². The minimum absolute atomic E-state index is 0.0936. The van der Waals surface area contributed by atoms with Gasteiger partial charge in [0.2, 0.25) is 5.79 Å². The second kappa shape index (κ2) is 15.1. The number of aliphatic hydroxyl groups is 3. The SMILES string of the molecule is C=C1CCCC2=NC[C@H](C)[C@@H](C)C[C@@]23CCC(C(O)CCC(=O)O)=C[C@@H]3[C@@H]2O[C@@]3(C[C@@H](C)C[C@H]2O3)C[C@@H]2O[C@]3(CC[C@@]4(O[C@@H](CC[C@@]4(C)O)C1)O3)C[C@H](C)[C@@H]2O. The first-order valence-corrected chi connectivity index (χ1v) is 22.1. The molecule has 0 radical (unpaired) electrons. The van der Waals surface area contributed by atoms with Gasteiger partial charge in [-0.05, 0) is 107 Å². The molecule has 6 saturated heterocycles. The summed E-state index contributed by atoms with van der Waals surface area (Å²) in [6.45, 7) is 16.1. The molecule has 11 nitrogen and oxygen atoms in total. The standard InChI is InChI=1S/C45H69NO10/c1-26-8-7-9-37-42(22-28(3)30(5)25-46-37)15-12-31(34(47)10-11-38(48)49)20-33(42)40-35-19-27(2)21-44(53-35,55-40)24-36-39(50)29(4)23-43(54-36)16-17-45(56-43)41(6,51)14-13-32(18-26)52-45/h20,27-30,32-36,39-40,47,50-51H,1,7-19,21-25H2,2-6H3,(H,48,49)/t27-,28-,29-,30-,32-,33+,34?,35+,36-,39-,40-,41+,42+,43-,44-,45+/m0/s1. The van der Waals surface area contributed by atoms with Gasteiger partial charge < -0.3 is 44.1 Å². The average molecular weight is 784 g/mol. The Bertz CT molecular complexity index is 1580. The van der Waals surface area contributed by atoms with Gasteiger partial charge in [-0.15, -0.1) is 0 Å². The summed E-state index contributed by atoms with van der Waals surface area (Å²) in [5.74, 6) is -3.32. The van der Waals surface area contributed by atoms with Crippen LogP contribution in [0.15, 0.2) is 28.8 Å². The molecule has 11 heteroatoms. The molecular formula is C45H69NO10. The van der Waals surface area contributed by atoms with Crippen molar-refractivity contribution in [3.63, 3.8) is 0 Å². The average Bonchev–Trinajstić information content (AvgIpc) is 3.57. The predicted molar refractivity (Wildman–Crippen MR) is 210 cm³/mol. The van der Waals surface area contributed by atoms with E-state index in [4.69, 9.17) is 28.7 Å². The van der Waals surface area contributed by atoms with E-state index in [2.05, 4.69) is 33.4 Å². The Morgan fingerprint density at radius 3 is 2.50 bits per heavy atom. The maximum atomic E-state index is 11.9. The second-order valence-electron chi connectivity index (χ2n) is 20.2. The zero-order valence-electron chi connectivity index (χ0n) is 34.5. The smallest absolute Gasteiger partial charge is 0.303 e. The second-order valence-corrected chi connectivity index (χ2v) is 20.2. The number of hydrogen-bond acceptors (Lipinski definition) is 10. The monoisotopic (exact) mass is 783 g/mol. The van der Waals surface area contributed by atoms with E-state index in [-0.39, 0.29) is 48.4 Å². The molecule has 1 unspecified atom stereocenters. The van der Waals surface area contributed by atoms with Crippen LogP contribution in [0.25, 0.3) is 0 Å². The first-order valence-electron chi connectivity index (χ1n) is 22.1. The van der Waals surface area contributed by atoms with Crippen LogP contribution in [-0.2, 0) is 28.5 Å². The van der Waals surface area contributed by atoms with Crippen molar-refractivity contribution in [3.8, 4) is 0 Å². The van der Waals surface area contributed by atoms with Crippen LogP contribution in [0.3, 0.4) is 0 Å². The lowest BCUT2D eigenvalue weighted by atomic mass is 9.57. The molecule has 4 N–H and O–H groups in total. The van der Waals surface area contributed by atoms with Crippen LogP contribution < -0.4 is 0 Å². The lowest BCUT2D eigenvalue weighted by Crippen LogP contribution is -2.62. The molecule has 7 heterocycles. The highest BCUT2D eigenvalue weighted by atomic mass is 16.8. The van der Waals surface area contributed by atoms with Crippen LogP contribution in [-0.4, -0.2) is 98.2 Å². The van der Waals surface area contributed by atoms with E-state index in [1.165, 1.54) is 5.71 Å². The number of aliphatic carboxylic acids is 1. The molecule has 0 aromatic rings. The molecule has 6 fully saturated rings. The molecule has 8 aliphatic rings. The third-order valence-electron chi connectivity index (χ3n) is 15.7. The molecule has 0 aromatic carbocycles. The van der Waals surface area contributed by atoms with Crippen molar-refractivity contribution in [2.45, 2.75) is 203 Å². The van der Waals surface area contributed by atoms with Gasteiger partial charge >= 0.3 is 5.97 Å². The van der Waals surface area contributed by atoms with Gasteiger partial charge in [-0.3, -0.25) is 9.79 Å². The lowest BCUT2D eigenvalue weighted by Gasteiger charge is -2.51. The Hall–Kier alpha value is -1.70. The number of fused-ring (bicyclic) bond motifs is 6. The first-order chi connectivity index (χ1) is 26.5. The Kier molecular flexibility index (Phi) is 11.1. The van der Waals surface area contributed by atoms with Gasteiger partial charge in [0.1, 0.15) is 5.60 Å². The van der Waals surface area contributed by atoms with Gasteiger partial charge in [-0.2, -0.15) is 0 Å². The van der Waals surface area contributed by atoms with Crippen molar-refractivity contribution in [3.05, 3.63) is 23.8 Å². The van der Waals surface area contributed by atoms with Crippen LogP contribution in [0.2, 0.25) is 0 Å². The molecule has 0 amide bonds. The molecule has 56 heavy (non-hydrogen) atoms. The predicted octanol–water partition coefficient (Wildman–Crippen LogP) is 7.00. The van der Waals surface area contributed by atoms with Gasteiger partial charge in [-0.1, -0.05) is 45.9 Å². The Morgan fingerprint density at radius 1 is 0.929 bits per heavy atom. The van der Waals surface area contributed by atoms with Crippen LogP contribution in [0, 0.1) is 35.0 Å². The van der Waals surface area contributed by atoms with Crippen LogP contribution in [0.5, 0.6) is 0 Å². The maximum absolute atomic E-state index is 11.9. The van der Waals surface area contributed by atoms with E-state index in [1.807, 2.05) is 13.8 Å². The fraction of sp³-hybridized carbons (Fsp3) is 0.867. The molecule has 8 rings (SSSR count). The zero-order chi connectivity index (χ0) is 39.8. The highest BCUT2D eigenvalue weighted by Gasteiger charge is 2.66. The van der Waals surface area contributed by atoms with Crippen molar-refractivity contribution < 1.29 is 48.9 Å². The largest absolute Gasteiger partial charge is 0.481 e. The number of rotatable bonds is 4. The van der Waals surface area contributed by atoms with Crippen LogP contribution >= 0.6 is 0 Å². The quantitative estimate of drug-likeness (QED) is 0.219. The highest BCUT2D eigenvalue weighted by molar-refractivity contribution is 5.91. The first kappa shape index (κ1) is 41.1. The van der Waals surface area contributed by atoms with Crippen molar-refractivity contribution in [2.75, 3.05) is 6.54 Å². The Morgan fingerprint density at radius 2 is 1.71 bits per heavy atom. The summed E-state index contributed by atoms with van der Waals surface area (Å²) in [5.41, 5.74) is 1.71. The highest BCUT2D eigenvalue weighted by Crippen LogP contribution is 2.59. The van der Waals surface area contributed by atoms with Gasteiger partial charge in [0.05, 0.1) is 36.6 Å². The van der Waals surface area contributed by atoms with E-state index in [0.29, 0.717) is 75.5 Å². The Labute approximate surface area is 333 Å². The normalized spacial score (nSPS) is 50.2. The molecule has 314 valence electrons. The molecular weight excluding hydrogens is 714 g/mol. The summed E-state index contributed by atoms with van der Waals surface area (Å²) < 4.78 is 35.3. The van der Waals surface area contributed by atoms with E-state index in [1.54, 1.807) is 0 Å². The molecule has 16 atom stereocenters. The molecule has 0 aromatic heterocycles. The van der Waals surface area contributed by atoms with Gasteiger partial charge in [-0.25, -0.2) is 0 Å². The number of aliphatic hydroxyl groups excluding tert-OH is 2. The van der Waals surface area contributed by atoms with Gasteiger partial charge in [0, 0.05) is 62.1 Å². The number of nitrogens with zero attached hydrogens (tertiary/aromatic N) is 1.